The molecule has 0 radical (unpaired) electrons. The van der Waals surface area contributed by atoms with Crippen molar-refractivity contribution in [3.8, 4) is 0 Å². The lowest BCUT2D eigenvalue weighted by Gasteiger charge is -2.16. The Bertz CT molecular complexity index is 594. The van der Waals surface area contributed by atoms with E-state index >= 15 is 0 Å². The van der Waals surface area contributed by atoms with E-state index in [9.17, 15) is 9.18 Å². The van der Waals surface area contributed by atoms with Crippen LogP contribution in [-0.2, 0) is 16.1 Å². The largest absolute Gasteiger partial charge is 0.468 e. The number of nitrogens with one attached hydrogen (secondary N) is 1. The van der Waals surface area contributed by atoms with E-state index in [1.54, 1.807) is 11.4 Å². The van der Waals surface area contributed by atoms with E-state index in [2.05, 4.69) is 14.9 Å². The molecule has 0 spiro atoms. The van der Waals surface area contributed by atoms with Gasteiger partial charge in [-0.25, -0.2) is 9.18 Å². The Balaban J connectivity index is 2.18. The Morgan fingerprint density at radius 2 is 2.40 bits per heavy atom. The predicted octanol–water partition coefficient (Wildman–Crippen LogP) is 2.33. The summed E-state index contributed by atoms with van der Waals surface area (Å²) < 4.78 is 21.9. The van der Waals surface area contributed by atoms with Gasteiger partial charge in [0.15, 0.2) is 0 Å². The first-order valence-corrected chi connectivity index (χ1v) is 6.85. The van der Waals surface area contributed by atoms with Gasteiger partial charge in [0, 0.05) is 11.9 Å². The van der Waals surface area contributed by atoms with Crippen molar-refractivity contribution in [1.29, 1.82) is 0 Å². The van der Waals surface area contributed by atoms with Crippen LogP contribution < -0.4 is 5.32 Å². The molecule has 20 heavy (non-hydrogen) atoms. The minimum Gasteiger partial charge on any atom is -0.468 e. The second-order valence-corrected chi connectivity index (χ2v) is 4.92. The molecule has 0 unspecified atom stereocenters. The van der Waals surface area contributed by atoms with E-state index in [0.717, 1.165) is 0 Å². The smallest absolute Gasteiger partial charge is 0.327 e. The zero-order valence-electron chi connectivity index (χ0n) is 10.5. The lowest BCUT2D eigenvalue weighted by atomic mass is 10.1. The molecule has 0 aliphatic rings. The van der Waals surface area contributed by atoms with Gasteiger partial charge in [0.1, 0.15) is 11.9 Å². The third-order valence-corrected chi connectivity index (χ3v) is 3.47. The van der Waals surface area contributed by atoms with Crippen molar-refractivity contribution in [2.75, 3.05) is 7.11 Å². The van der Waals surface area contributed by atoms with Crippen LogP contribution in [0.1, 0.15) is 17.3 Å². The van der Waals surface area contributed by atoms with Crippen molar-refractivity contribution >= 4 is 29.1 Å². The number of nitrogens with zero attached hydrogens (tertiary/aromatic N) is 2. The number of carbonyl (C=O) groups excluding carboxylic acids is 1. The third-order valence-electron chi connectivity index (χ3n) is 2.61. The lowest BCUT2D eigenvalue weighted by molar-refractivity contribution is -0.143. The minimum absolute atomic E-state index is 0.000988. The highest BCUT2D eigenvalue weighted by Gasteiger charge is 2.22. The Labute approximate surface area is 123 Å². The molecule has 0 aliphatic carbocycles. The van der Waals surface area contributed by atoms with Crippen molar-refractivity contribution in [1.82, 2.24) is 14.9 Å². The van der Waals surface area contributed by atoms with Gasteiger partial charge in [-0.15, -0.1) is 5.10 Å². The molecule has 1 heterocycles. The van der Waals surface area contributed by atoms with Gasteiger partial charge in [0.2, 0.25) is 0 Å². The van der Waals surface area contributed by atoms with Gasteiger partial charge in [-0.2, -0.15) is 0 Å². The molecule has 2 rings (SSSR count). The topological polar surface area (TPSA) is 64.1 Å². The molecule has 0 bridgehead atoms. The molecular formula is C12H11ClFN3O2S. The molecule has 0 saturated heterocycles. The van der Waals surface area contributed by atoms with Crippen LogP contribution in [0.3, 0.4) is 0 Å². The maximum absolute atomic E-state index is 13.5. The fourth-order valence-electron chi connectivity index (χ4n) is 1.61. The van der Waals surface area contributed by atoms with Gasteiger partial charge in [0.25, 0.3) is 0 Å². The van der Waals surface area contributed by atoms with Crippen LogP contribution in [0, 0.1) is 5.82 Å². The van der Waals surface area contributed by atoms with Gasteiger partial charge < -0.3 is 4.74 Å². The molecular weight excluding hydrogens is 305 g/mol. The Hall–Kier alpha value is -1.57. The number of rotatable bonds is 5. The Morgan fingerprint density at radius 1 is 1.60 bits per heavy atom. The second-order valence-electron chi connectivity index (χ2n) is 3.91. The quantitative estimate of drug-likeness (QED) is 0.858. The van der Waals surface area contributed by atoms with Crippen LogP contribution in [0.5, 0.6) is 0 Å². The van der Waals surface area contributed by atoms with Gasteiger partial charge in [-0.3, -0.25) is 5.32 Å². The number of aromatic nitrogens is 2. The number of carbonyl (C=O) groups is 1. The monoisotopic (exact) mass is 315 g/mol. The third kappa shape index (κ3) is 3.50. The van der Waals surface area contributed by atoms with Gasteiger partial charge >= 0.3 is 5.97 Å². The minimum atomic E-state index is -0.798. The molecule has 5 nitrogen and oxygen atoms in total. The lowest BCUT2D eigenvalue weighted by Crippen LogP contribution is -2.29. The number of benzene rings is 1. The number of ether oxygens (including phenoxy) is 1. The van der Waals surface area contributed by atoms with E-state index in [1.165, 1.54) is 30.8 Å². The maximum atomic E-state index is 13.5. The molecule has 1 aromatic heterocycles. The van der Waals surface area contributed by atoms with Gasteiger partial charge in [-0.1, -0.05) is 22.2 Å². The molecule has 106 valence electrons. The molecule has 0 fully saturated rings. The van der Waals surface area contributed by atoms with Crippen molar-refractivity contribution in [3.63, 3.8) is 0 Å². The molecule has 8 heteroatoms. The van der Waals surface area contributed by atoms with E-state index in [4.69, 9.17) is 16.3 Å². The van der Waals surface area contributed by atoms with Crippen LogP contribution in [0.4, 0.5) is 4.39 Å². The van der Waals surface area contributed by atoms with Crippen molar-refractivity contribution in [2.45, 2.75) is 12.6 Å². The average Bonchev–Trinajstić information content (AvgIpc) is 2.95. The summed E-state index contributed by atoms with van der Waals surface area (Å²) in [5.41, 5.74) is 1.13. The van der Waals surface area contributed by atoms with E-state index in [-0.39, 0.29) is 5.02 Å². The van der Waals surface area contributed by atoms with Crippen molar-refractivity contribution in [3.05, 3.63) is 45.7 Å². The summed E-state index contributed by atoms with van der Waals surface area (Å²) >= 11 is 6.84. The highest BCUT2D eigenvalue weighted by atomic mass is 35.5. The maximum Gasteiger partial charge on any atom is 0.327 e. The summed E-state index contributed by atoms with van der Waals surface area (Å²) in [6, 6.07) is 3.37. The molecule has 1 N–H and O–H groups in total. The number of methoxy groups -OCH3 is 1. The summed E-state index contributed by atoms with van der Waals surface area (Å²) in [4.78, 5) is 11.8. The van der Waals surface area contributed by atoms with Crippen LogP contribution in [0.2, 0.25) is 5.02 Å². The Kier molecular flexibility index (Phi) is 4.99. The molecule has 0 amide bonds. The summed E-state index contributed by atoms with van der Waals surface area (Å²) in [5, 5.41) is 8.57. The standard InChI is InChI=1S/C12H11ClFN3O2S/c1-19-12(18)11(15-5-8-6-20-17-16-8)7-2-3-9(13)10(14)4-7/h2-4,6,11,15H,5H2,1H3/t11-/m1/s1. The number of halogens is 2. The first-order valence-electron chi connectivity index (χ1n) is 5.64. The summed E-state index contributed by atoms with van der Waals surface area (Å²) in [7, 11) is 1.27. The molecule has 2 aromatic rings. The number of hydrogen-bond donors (Lipinski definition) is 1. The molecule has 0 aliphatic heterocycles. The second kappa shape index (κ2) is 6.74. The van der Waals surface area contributed by atoms with E-state index < -0.39 is 17.8 Å². The van der Waals surface area contributed by atoms with Crippen LogP contribution >= 0.6 is 23.1 Å². The van der Waals surface area contributed by atoms with Crippen LogP contribution in [0.15, 0.2) is 23.6 Å². The zero-order valence-corrected chi connectivity index (χ0v) is 12.0. The molecule has 0 saturated carbocycles. The average molecular weight is 316 g/mol. The van der Waals surface area contributed by atoms with Gasteiger partial charge in [0.05, 0.1) is 17.8 Å². The van der Waals surface area contributed by atoms with E-state index in [1.807, 2.05) is 0 Å². The van der Waals surface area contributed by atoms with Crippen LogP contribution in [0.25, 0.3) is 0 Å². The fourth-order valence-corrected chi connectivity index (χ4v) is 2.18. The summed E-state index contributed by atoms with van der Waals surface area (Å²) in [6.07, 6.45) is 0. The Morgan fingerprint density at radius 3 is 3.00 bits per heavy atom. The van der Waals surface area contributed by atoms with Crippen molar-refractivity contribution in [2.24, 2.45) is 0 Å². The van der Waals surface area contributed by atoms with E-state index in [0.29, 0.717) is 17.8 Å². The predicted molar refractivity (Wildman–Crippen MR) is 72.9 cm³/mol. The first kappa shape index (κ1) is 14.8. The molecule has 1 atom stereocenters. The normalized spacial score (nSPS) is 12.2. The molecule has 1 aromatic carbocycles. The van der Waals surface area contributed by atoms with Crippen LogP contribution in [-0.4, -0.2) is 22.7 Å². The SMILES string of the molecule is COC(=O)[C@H](NCc1csnn1)c1ccc(Cl)c(F)c1. The highest BCUT2D eigenvalue weighted by Crippen LogP contribution is 2.21. The van der Waals surface area contributed by atoms with Crippen molar-refractivity contribution < 1.29 is 13.9 Å². The number of hydrogen-bond acceptors (Lipinski definition) is 6. The highest BCUT2D eigenvalue weighted by molar-refractivity contribution is 7.03. The zero-order chi connectivity index (χ0) is 14.5. The fraction of sp³-hybridized carbons (Fsp3) is 0.250. The first-order chi connectivity index (χ1) is 9.61. The van der Waals surface area contributed by atoms with Gasteiger partial charge in [-0.05, 0) is 29.2 Å². The summed E-state index contributed by atoms with van der Waals surface area (Å²) in [6.45, 7) is 0.320. The number of esters is 1. The summed E-state index contributed by atoms with van der Waals surface area (Å²) in [5.74, 6) is -1.11.